The normalized spacial score (nSPS) is 11.8. The van der Waals surface area contributed by atoms with Crippen LogP contribution in [0.1, 0.15) is 44.0 Å². The number of aromatic nitrogens is 2. The summed E-state index contributed by atoms with van der Waals surface area (Å²) >= 11 is 0. The van der Waals surface area contributed by atoms with Crippen molar-refractivity contribution in [1.29, 1.82) is 0 Å². The Morgan fingerprint density at radius 1 is 1.44 bits per heavy atom. The van der Waals surface area contributed by atoms with Crippen molar-refractivity contribution in [1.82, 2.24) is 9.78 Å². The molecule has 0 spiro atoms. The summed E-state index contributed by atoms with van der Waals surface area (Å²) in [4.78, 5) is 12.4. The minimum absolute atomic E-state index is 0.0347. The van der Waals surface area contributed by atoms with Gasteiger partial charge in [0.2, 0.25) is 0 Å². The second-order valence-electron chi connectivity index (χ2n) is 3.87. The van der Waals surface area contributed by atoms with Crippen LogP contribution in [0.3, 0.4) is 0 Å². The molecule has 0 amide bonds. The van der Waals surface area contributed by atoms with Crippen molar-refractivity contribution in [3.63, 3.8) is 0 Å². The highest BCUT2D eigenvalue weighted by molar-refractivity contribution is 6.02. The zero-order valence-corrected chi connectivity index (χ0v) is 10.5. The van der Waals surface area contributed by atoms with Crippen LogP contribution in [0.4, 0.5) is 0 Å². The molecule has 0 bridgehead atoms. The predicted octanol–water partition coefficient (Wildman–Crippen LogP) is 2.20. The molecule has 0 unspecified atom stereocenters. The molecular formula is C12H20N2O2. The Morgan fingerprint density at radius 3 is 2.44 bits per heavy atom. The lowest BCUT2D eigenvalue weighted by Crippen LogP contribution is -2.40. The molecule has 0 radical (unpaired) electrons. The molecular weight excluding hydrogens is 204 g/mol. The van der Waals surface area contributed by atoms with E-state index in [4.69, 9.17) is 4.74 Å². The molecule has 0 saturated carbocycles. The number of hydrogen-bond acceptors (Lipinski definition) is 3. The Hall–Kier alpha value is -1.16. The standard InChI is InChI=1S/C12H20N2O2/c1-5-12(6-2,16-7-3)11(15)10-8-13-14(4)9-10/h8-9H,5-7H2,1-4H3. The number of aryl methyl sites for hydroxylation is 1. The molecule has 1 rings (SSSR count). The van der Waals surface area contributed by atoms with Gasteiger partial charge in [-0.15, -0.1) is 0 Å². The van der Waals surface area contributed by atoms with Crippen molar-refractivity contribution < 1.29 is 9.53 Å². The quantitative estimate of drug-likeness (QED) is 0.696. The van der Waals surface area contributed by atoms with E-state index in [1.54, 1.807) is 24.1 Å². The maximum atomic E-state index is 12.4. The van der Waals surface area contributed by atoms with Crippen molar-refractivity contribution >= 4 is 5.78 Å². The number of hydrogen-bond donors (Lipinski definition) is 0. The number of Topliss-reactive ketones (excluding diaryl/α,β-unsaturated/α-hetero) is 1. The van der Waals surface area contributed by atoms with Crippen LogP contribution in [-0.4, -0.2) is 27.8 Å². The third-order valence-corrected chi connectivity index (χ3v) is 2.94. The van der Waals surface area contributed by atoms with Crippen molar-refractivity contribution in [2.24, 2.45) is 7.05 Å². The Labute approximate surface area is 96.6 Å². The minimum atomic E-state index is -0.683. The Kier molecular flexibility index (Phi) is 4.24. The molecule has 1 aromatic heterocycles. The van der Waals surface area contributed by atoms with E-state index in [1.807, 2.05) is 20.8 Å². The van der Waals surface area contributed by atoms with E-state index in [2.05, 4.69) is 5.10 Å². The van der Waals surface area contributed by atoms with Crippen LogP contribution in [-0.2, 0) is 11.8 Å². The first-order valence-electron chi connectivity index (χ1n) is 5.77. The first-order valence-corrected chi connectivity index (χ1v) is 5.77. The molecule has 4 heteroatoms. The van der Waals surface area contributed by atoms with Gasteiger partial charge < -0.3 is 4.74 Å². The van der Waals surface area contributed by atoms with E-state index in [9.17, 15) is 4.79 Å². The molecule has 0 aliphatic rings. The van der Waals surface area contributed by atoms with Gasteiger partial charge in [-0.25, -0.2) is 0 Å². The molecule has 1 aromatic rings. The topological polar surface area (TPSA) is 44.1 Å². The first-order chi connectivity index (χ1) is 7.59. The summed E-state index contributed by atoms with van der Waals surface area (Å²) in [6, 6.07) is 0. The SMILES string of the molecule is CCOC(CC)(CC)C(=O)c1cnn(C)c1. The molecule has 90 valence electrons. The van der Waals surface area contributed by atoms with Gasteiger partial charge in [0, 0.05) is 19.9 Å². The van der Waals surface area contributed by atoms with E-state index in [-0.39, 0.29) is 5.78 Å². The summed E-state index contributed by atoms with van der Waals surface area (Å²) in [5, 5.41) is 4.02. The lowest BCUT2D eigenvalue weighted by atomic mass is 9.89. The van der Waals surface area contributed by atoms with Crippen LogP contribution in [0.2, 0.25) is 0 Å². The largest absolute Gasteiger partial charge is 0.367 e. The summed E-state index contributed by atoms with van der Waals surface area (Å²) < 4.78 is 7.30. The summed E-state index contributed by atoms with van der Waals surface area (Å²) in [5.74, 6) is 0.0347. The number of carbonyl (C=O) groups excluding carboxylic acids is 1. The highest BCUT2D eigenvalue weighted by Crippen LogP contribution is 2.25. The summed E-state index contributed by atoms with van der Waals surface area (Å²) in [7, 11) is 1.80. The maximum absolute atomic E-state index is 12.4. The van der Waals surface area contributed by atoms with Crippen molar-refractivity contribution in [2.45, 2.75) is 39.2 Å². The third kappa shape index (κ3) is 2.32. The monoisotopic (exact) mass is 224 g/mol. The Balaban J connectivity index is 2.99. The van der Waals surface area contributed by atoms with Crippen LogP contribution < -0.4 is 0 Å². The molecule has 0 N–H and O–H groups in total. The zero-order valence-electron chi connectivity index (χ0n) is 10.5. The van der Waals surface area contributed by atoms with Crippen LogP contribution in [0.25, 0.3) is 0 Å². The second-order valence-corrected chi connectivity index (χ2v) is 3.87. The fourth-order valence-electron chi connectivity index (χ4n) is 1.92. The number of carbonyl (C=O) groups is 1. The smallest absolute Gasteiger partial charge is 0.197 e. The highest BCUT2D eigenvalue weighted by Gasteiger charge is 2.36. The number of ether oxygens (including phenoxy) is 1. The van der Waals surface area contributed by atoms with Gasteiger partial charge in [0.05, 0.1) is 11.8 Å². The van der Waals surface area contributed by atoms with Gasteiger partial charge in [-0.05, 0) is 19.8 Å². The van der Waals surface area contributed by atoms with Gasteiger partial charge in [-0.2, -0.15) is 5.10 Å². The third-order valence-electron chi connectivity index (χ3n) is 2.94. The van der Waals surface area contributed by atoms with Gasteiger partial charge in [-0.3, -0.25) is 9.48 Å². The van der Waals surface area contributed by atoms with Crippen LogP contribution in [0.15, 0.2) is 12.4 Å². The van der Waals surface area contributed by atoms with Gasteiger partial charge >= 0.3 is 0 Å². The van der Waals surface area contributed by atoms with Gasteiger partial charge in [0.25, 0.3) is 0 Å². The summed E-state index contributed by atoms with van der Waals surface area (Å²) in [6.45, 7) is 6.42. The lowest BCUT2D eigenvalue weighted by Gasteiger charge is -2.29. The van der Waals surface area contributed by atoms with Crippen LogP contribution >= 0.6 is 0 Å². The molecule has 0 fully saturated rings. The molecule has 16 heavy (non-hydrogen) atoms. The number of nitrogens with zero attached hydrogens (tertiary/aromatic N) is 2. The fraction of sp³-hybridized carbons (Fsp3) is 0.667. The maximum Gasteiger partial charge on any atom is 0.197 e. The van der Waals surface area contributed by atoms with E-state index >= 15 is 0 Å². The van der Waals surface area contributed by atoms with E-state index in [1.165, 1.54) is 0 Å². The van der Waals surface area contributed by atoms with Gasteiger partial charge in [0.1, 0.15) is 5.60 Å². The first kappa shape index (κ1) is 12.9. The molecule has 0 saturated heterocycles. The van der Waals surface area contributed by atoms with Crippen LogP contribution in [0, 0.1) is 0 Å². The van der Waals surface area contributed by atoms with Gasteiger partial charge in [0.15, 0.2) is 5.78 Å². The molecule has 0 aliphatic carbocycles. The number of ketones is 1. The van der Waals surface area contributed by atoms with Crippen molar-refractivity contribution in [3.05, 3.63) is 18.0 Å². The average Bonchev–Trinajstić information content (AvgIpc) is 2.72. The molecule has 1 heterocycles. The second kappa shape index (κ2) is 5.25. The van der Waals surface area contributed by atoms with Gasteiger partial charge in [-0.1, -0.05) is 13.8 Å². The lowest BCUT2D eigenvalue weighted by molar-refractivity contribution is -0.0250. The average molecular weight is 224 g/mol. The highest BCUT2D eigenvalue weighted by atomic mass is 16.5. The molecule has 0 atom stereocenters. The zero-order chi connectivity index (χ0) is 12.2. The Bertz CT molecular complexity index is 354. The number of rotatable bonds is 6. The van der Waals surface area contributed by atoms with E-state index in [0.717, 1.165) is 0 Å². The molecule has 0 aromatic carbocycles. The minimum Gasteiger partial charge on any atom is -0.367 e. The van der Waals surface area contributed by atoms with E-state index < -0.39 is 5.60 Å². The van der Waals surface area contributed by atoms with Crippen LogP contribution in [0.5, 0.6) is 0 Å². The molecule has 4 nitrogen and oxygen atoms in total. The molecule has 0 aliphatic heterocycles. The summed E-state index contributed by atoms with van der Waals surface area (Å²) in [5.41, 5.74) is -0.0581. The predicted molar refractivity (Wildman–Crippen MR) is 62.5 cm³/mol. The Morgan fingerprint density at radius 2 is 2.06 bits per heavy atom. The summed E-state index contributed by atoms with van der Waals surface area (Å²) in [6.07, 6.45) is 4.71. The van der Waals surface area contributed by atoms with E-state index in [0.29, 0.717) is 25.0 Å². The fourth-order valence-corrected chi connectivity index (χ4v) is 1.92. The van der Waals surface area contributed by atoms with Crippen molar-refractivity contribution in [3.8, 4) is 0 Å². The van der Waals surface area contributed by atoms with Crippen molar-refractivity contribution in [2.75, 3.05) is 6.61 Å².